The van der Waals surface area contributed by atoms with Crippen molar-refractivity contribution in [2.75, 3.05) is 0 Å². The fraction of sp³-hybridized carbons (Fsp3) is 0.188. The first-order valence-corrected chi connectivity index (χ1v) is 7.86. The number of thiophene rings is 1. The number of nitrogens with zero attached hydrogens (tertiary/aromatic N) is 1. The Morgan fingerprint density at radius 2 is 2.00 bits per heavy atom. The van der Waals surface area contributed by atoms with Gasteiger partial charge in [-0.2, -0.15) is 0 Å². The van der Waals surface area contributed by atoms with Gasteiger partial charge in [0.25, 0.3) is 0 Å². The highest BCUT2D eigenvalue weighted by atomic mass is 32.1. The van der Waals surface area contributed by atoms with Crippen LogP contribution in [0.25, 0.3) is 10.9 Å². The summed E-state index contributed by atoms with van der Waals surface area (Å²) in [7, 11) is 0. The van der Waals surface area contributed by atoms with E-state index < -0.39 is 0 Å². The van der Waals surface area contributed by atoms with E-state index in [-0.39, 0.29) is 0 Å². The fourth-order valence-electron chi connectivity index (χ4n) is 2.34. The summed E-state index contributed by atoms with van der Waals surface area (Å²) in [5, 5.41) is 1.22. The van der Waals surface area contributed by atoms with Crippen molar-refractivity contribution in [3.63, 3.8) is 0 Å². The third kappa shape index (κ3) is 2.49. The summed E-state index contributed by atoms with van der Waals surface area (Å²) >= 11 is 6.94. The molecular weight excluding hydrogens is 284 g/mol. The Balaban J connectivity index is 1.98. The predicted molar refractivity (Wildman–Crippen MR) is 90.6 cm³/mol. The molecule has 0 saturated heterocycles. The van der Waals surface area contributed by atoms with Crippen LogP contribution in [0.5, 0.6) is 0 Å². The van der Waals surface area contributed by atoms with E-state index >= 15 is 0 Å². The Labute approximate surface area is 127 Å². The summed E-state index contributed by atoms with van der Waals surface area (Å²) in [4.78, 5) is 3.25. The summed E-state index contributed by atoms with van der Waals surface area (Å²) in [6.45, 7) is 3.09. The van der Waals surface area contributed by atoms with Crippen molar-refractivity contribution in [3.8, 4) is 0 Å². The highest BCUT2D eigenvalue weighted by Gasteiger charge is 2.06. The molecule has 0 bridgehead atoms. The van der Waals surface area contributed by atoms with Gasteiger partial charge in [-0.1, -0.05) is 31.3 Å². The van der Waals surface area contributed by atoms with Gasteiger partial charge in [-0.3, -0.25) is 0 Å². The van der Waals surface area contributed by atoms with E-state index in [0.29, 0.717) is 4.99 Å². The summed E-state index contributed by atoms with van der Waals surface area (Å²) < 4.78 is 2.25. The number of hydrogen-bond acceptors (Lipinski definition) is 2. The number of hydrogen-bond donors (Lipinski definition) is 1. The van der Waals surface area contributed by atoms with Gasteiger partial charge in [-0.05, 0) is 36.1 Å². The zero-order valence-corrected chi connectivity index (χ0v) is 12.9. The van der Waals surface area contributed by atoms with E-state index in [1.165, 1.54) is 20.7 Å². The molecule has 1 aromatic carbocycles. The van der Waals surface area contributed by atoms with Gasteiger partial charge < -0.3 is 10.3 Å². The van der Waals surface area contributed by atoms with E-state index in [1.54, 1.807) is 0 Å². The second kappa shape index (κ2) is 5.38. The summed E-state index contributed by atoms with van der Waals surface area (Å²) in [6.07, 6.45) is 3.22. The van der Waals surface area contributed by atoms with Crippen molar-refractivity contribution < 1.29 is 0 Å². The van der Waals surface area contributed by atoms with Crippen LogP contribution in [0.3, 0.4) is 0 Å². The third-order valence-corrected chi connectivity index (χ3v) is 4.90. The Bertz CT molecular complexity index is 768. The molecule has 102 valence electrons. The first-order valence-electron chi connectivity index (χ1n) is 6.63. The van der Waals surface area contributed by atoms with Crippen LogP contribution < -0.4 is 5.73 Å². The lowest BCUT2D eigenvalue weighted by Gasteiger charge is -2.05. The average molecular weight is 300 g/mol. The Hall–Kier alpha value is -1.65. The van der Waals surface area contributed by atoms with Crippen LogP contribution in [-0.4, -0.2) is 9.56 Å². The van der Waals surface area contributed by atoms with Crippen LogP contribution >= 0.6 is 23.6 Å². The normalized spacial score (nSPS) is 11.1. The Morgan fingerprint density at radius 3 is 2.70 bits per heavy atom. The molecule has 2 nitrogen and oxygen atoms in total. The molecule has 3 aromatic rings. The molecule has 0 atom stereocenters. The van der Waals surface area contributed by atoms with Crippen molar-refractivity contribution in [2.24, 2.45) is 5.73 Å². The second-order valence-electron chi connectivity index (χ2n) is 4.80. The van der Waals surface area contributed by atoms with Gasteiger partial charge in [0.1, 0.15) is 4.99 Å². The minimum absolute atomic E-state index is 0.448. The minimum atomic E-state index is 0.448. The molecule has 0 spiro atoms. The van der Waals surface area contributed by atoms with Gasteiger partial charge in [0.15, 0.2) is 0 Å². The minimum Gasteiger partial charge on any atom is -0.389 e. The lowest BCUT2D eigenvalue weighted by atomic mass is 10.1. The number of fused-ring (bicyclic) bond motifs is 1. The van der Waals surface area contributed by atoms with Crippen LogP contribution in [0.1, 0.15) is 22.2 Å². The second-order valence-corrected chi connectivity index (χ2v) is 6.50. The molecule has 0 aliphatic heterocycles. The first kappa shape index (κ1) is 13.3. The lowest BCUT2D eigenvalue weighted by Crippen LogP contribution is -2.09. The molecule has 2 heterocycles. The largest absolute Gasteiger partial charge is 0.389 e. The van der Waals surface area contributed by atoms with Gasteiger partial charge in [-0.15, -0.1) is 11.3 Å². The number of rotatable bonds is 4. The van der Waals surface area contributed by atoms with Crippen LogP contribution in [0.15, 0.2) is 42.6 Å². The maximum absolute atomic E-state index is 5.72. The molecule has 0 fully saturated rings. The quantitative estimate of drug-likeness (QED) is 0.740. The van der Waals surface area contributed by atoms with Gasteiger partial charge in [0.05, 0.1) is 6.54 Å². The van der Waals surface area contributed by atoms with Crippen molar-refractivity contribution >= 4 is 39.4 Å². The Morgan fingerprint density at radius 1 is 1.20 bits per heavy atom. The lowest BCUT2D eigenvalue weighted by molar-refractivity contribution is 0.851. The van der Waals surface area contributed by atoms with Crippen molar-refractivity contribution in [2.45, 2.75) is 19.9 Å². The average Bonchev–Trinajstić information content (AvgIpc) is 3.06. The predicted octanol–water partition coefficient (Wildman–Crippen LogP) is 3.95. The number of aryl methyl sites for hydroxylation is 1. The van der Waals surface area contributed by atoms with E-state index in [9.17, 15) is 0 Å². The topological polar surface area (TPSA) is 30.9 Å². The van der Waals surface area contributed by atoms with Crippen LogP contribution in [-0.2, 0) is 13.0 Å². The van der Waals surface area contributed by atoms with E-state index in [0.717, 1.165) is 18.5 Å². The summed E-state index contributed by atoms with van der Waals surface area (Å²) in [5.41, 5.74) is 7.83. The van der Waals surface area contributed by atoms with Crippen LogP contribution in [0, 0.1) is 0 Å². The van der Waals surface area contributed by atoms with Crippen LogP contribution in [0.4, 0.5) is 0 Å². The maximum atomic E-state index is 5.72. The molecule has 2 N–H and O–H groups in total. The summed E-state index contributed by atoms with van der Waals surface area (Å²) in [5.74, 6) is 0. The zero-order valence-electron chi connectivity index (χ0n) is 11.3. The van der Waals surface area contributed by atoms with E-state index in [2.05, 4.69) is 48.0 Å². The van der Waals surface area contributed by atoms with Crippen molar-refractivity contribution in [3.05, 3.63) is 57.9 Å². The van der Waals surface area contributed by atoms with E-state index in [1.807, 2.05) is 17.4 Å². The van der Waals surface area contributed by atoms with Crippen molar-refractivity contribution in [1.82, 2.24) is 4.57 Å². The number of benzene rings is 1. The molecule has 0 aliphatic rings. The van der Waals surface area contributed by atoms with E-state index in [4.69, 9.17) is 18.0 Å². The molecule has 20 heavy (non-hydrogen) atoms. The molecule has 0 aliphatic carbocycles. The van der Waals surface area contributed by atoms with Gasteiger partial charge in [0, 0.05) is 27.0 Å². The highest BCUT2D eigenvalue weighted by Crippen LogP contribution is 2.22. The zero-order chi connectivity index (χ0) is 14.1. The van der Waals surface area contributed by atoms with Crippen molar-refractivity contribution in [1.29, 1.82) is 0 Å². The SMILES string of the molecule is CCc1ccc(Cn2ccc3ccc(C(N)=S)cc32)s1. The Kier molecular flexibility index (Phi) is 3.59. The molecule has 0 saturated carbocycles. The number of thiocarbonyl (C=S) groups is 1. The molecule has 0 amide bonds. The molecule has 4 heteroatoms. The monoisotopic (exact) mass is 300 g/mol. The maximum Gasteiger partial charge on any atom is 0.104 e. The number of aromatic nitrogens is 1. The molecule has 3 rings (SSSR count). The van der Waals surface area contributed by atoms with Gasteiger partial charge >= 0.3 is 0 Å². The molecular formula is C16H16N2S2. The highest BCUT2D eigenvalue weighted by molar-refractivity contribution is 7.80. The third-order valence-electron chi connectivity index (χ3n) is 3.45. The summed E-state index contributed by atoms with van der Waals surface area (Å²) in [6, 6.07) is 12.7. The standard InChI is InChI=1S/C16H16N2S2/c1-2-13-5-6-14(20-13)10-18-8-7-11-3-4-12(16(17)19)9-15(11)18/h3-9H,2,10H2,1H3,(H2,17,19). The smallest absolute Gasteiger partial charge is 0.104 e. The van der Waals surface area contributed by atoms with Gasteiger partial charge in [0.2, 0.25) is 0 Å². The first-order chi connectivity index (χ1) is 9.67. The number of nitrogens with two attached hydrogens (primary N) is 1. The fourth-order valence-corrected chi connectivity index (χ4v) is 3.42. The molecule has 2 aromatic heterocycles. The molecule has 0 radical (unpaired) electrons. The van der Waals surface area contributed by atoms with Crippen LogP contribution in [0.2, 0.25) is 0 Å². The van der Waals surface area contributed by atoms with Gasteiger partial charge in [-0.25, -0.2) is 0 Å². The molecule has 0 unspecified atom stereocenters.